The Morgan fingerprint density at radius 3 is 2.61 bits per heavy atom. The smallest absolute Gasteiger partial charge is 0.178 e. The number of hydrogen-bond donors (Lipinski definition) is 1. The Bertz CT molecular complexity index is 554. The van der Waals surface area contributed by atoms with Gasteiger partial charge < -0.3 is 10.1 Å². The highest BCUT2D eigenvalue weighted by molar-refractivity contribution is 7.90. The van der Waals surface area contributed by atoms with Gasteiger partial charge in [-0.1, -0.05) is 0 Å². The zero-order chi connectivity index (χ0) is 13.3. The summed E-state index contributed by atoms with van der Waals surface area (Å²) in [5.74, 6) is -1.73. The zero-order valence-electron chi connectivity index (χ0n) is 9.74. The van der Waals surface area contributed by atoms with Crippen molar-refractivity contribution >= 4 is 9.84 Å². The van der Waals surface area contributed by atoms with Gasteiger partial charge in [0.25, 0.3) is 0 Å². The Labute approximate surface area is 104 Å². The van der Waals surface area contributed by atoms with E-state index in [1.54, 1.807) is 0 Å². The van der Waals surface area contributed by atoms with Gasteiger partial charge >= 0.3 is 0 Å². The van der Waals surface area contributed by atoms with Crippen molar-refractivity contribution in [3.05, 3.63) is 29.3 Å². The summed E-state index contributed by atoms with van der Waals surface area (Å²) in [5, 5.41) is 2.99. The third-order valence-electron chi connectivity index (χ3n) is 2.73. The molecule has 1 aliphatic heterocycles. The van der Waals surface area contributed by atoms with E-state index in [1.165, 1.54) is 0 Å². The second-order valence-corrected chi connectivity index (χ2v) is 6.12. The van der Waals surface area contributed by atoms with Crippen LogP contribution in [0.5, 0.6) is 0 Å². The molecule has 100 valence electrons. The average molecular weight is 277 g/mol. The third-order valence-corrected chi connectivity index (χ3v) is 3.84. The van der Waals surface area contributed by atoms with Crippen LogP contribution in [0.3, 0.4) is 0 Å². The fraction of sp³-hybridized carbons (Fsp3) is 0.455. The van der Waals surface area contributed by atoms with Crippen LogP contribution in [0.4, 0.5) is 8.78 Å². The number of nitrogens with one attached hydrogen (secondary N) is 1. The second-order valence-electron chi connectivity index (χ2n) is 4.14. The minimum absolute atomic E-state index is 0.0344. The van der Waals surface area contributed by atoms with E-state index in [0.29, 0.717) is 25.8 Å². The molecule has 0 bridgehead atoms. The number of ether oxygens (including phenoxy) is 1. The summed E-state index contributed by atoms with van der Waals surface area (Å²) < 4.78 is 55.3. The molecule has 1 aromatic carbocycles. The molecule has 4 nitrogen and oxygen atoms in total. The van der Waals surface area contributed by atoms with E-state index in [4.69, 9.17) is 4.74 Å². The van der Waals surface area contributed by atoms with Crippen molar-refractivity contribution in [1.82, 2.24) is 5.32 Å². The van der Waals surface area contributed by atoms with E-state index >= 15 is 0 Å². The molecule has 1 atom stereocenters. The van der Waals surface area contributed by atoms with Crippen LogP contribution in [0.2, 0.25) is 0 Å². The van der Waals surface area contributed by atoms with Crippen LogP contribution in [0.15, 0.2) is 17.0 Å². The molecule has 1 fully saturated rings. The Morgan fingerprint density at radius 2 is 2.06 bits per heavy atom. The highest BCUT2D eigenvalue weighted by Crippen LogP contribution is 2.26. The first-order chi connectivity index (χ1) is 8.39. The summed E-state index contributed by atoms with van der Waals surface area (Å²) in [7, 11) is -3.77. The van der Waals surface area contributed by atoms with E-state index in [-0.39, 0.29) is 5.56 Å². The van der Waals surface area contributed by atoms with Gasteiger partial charge in [0.05, 0.1) is 12.7 Å². The summed E-state index contributed by atoms with van der Waals surface area (Å²) in [4.78, 5) is -0.632. The third kappa shape index (κ3) is 2.68. The topological polar surface area (TPSA) is 55.4 Å². The van der Waals surface area contributed by atoms with Crippen molar-refractivity contribution in [2.24, 2.45) is 0 Å². The van der Waals surface area contributed by atoms with Crippen LogP contribution >= 0.6 is 0 Å². The molecule has 1 heterocycles. The summed E-state index contributed by atoms with van der Waals surface area (Å²) in [6, 6.07) is 1.60. The standard InChI is InChI=1S/C11H13F2NO3S/c1-18(15,16)11-5-8(12)7(4-9(11)13)10-6-14-2-3-17-10/h4-5,10,14H,2-3,6H2,1H3. The first kappa shape index (κ1) is 13.4. The van der Waals surface area contributed by atoms with E-state index in [2.05, 4.69) is 5.32 Å². The lowest BCUT2D eigenvalue weighted by molar-refractivity contribution is 0.0252. The number of morpholine rings is 1. The molecule has 0 aromatic heterocycles. The highest BCUT2D eigenvalue weighted by Gasteiger charge is 2.24. The molecule has 1 N–H and O–H groups in total. The average Bonchev–Trinajstić information content (AvgIpc) is 2.31. The van der Waals surface area contributed by atoms with Crippen LogP contribution in [0.25, 0.3) is 0 Å². The molecular weight excluding hydrogens is 264 g/mol. The molecular formula is C11H13F2NO3S. The lowest BCUT2D eigenvalue weighted by atomic mass is 10.1. The Hall–Kier alpha value is -1.05. The normalized spacial score (nSPS) is 20.9. The minimum atomic E-state index is -3.77. The van der Waals surface area contributed by atoms with Crippen LogP contribution < -0.4 is 5.32 Å². The van der Waals surface area contributed by atoms with E-state index < -0.39 is 32.5 Å². The van der Waals surface area contributed by atoms with E-state index in [0.717, 1.165) is 12.3 Å². The number of halogens is 2. The van der Waals surface area contributed by atoms with Gasteiger partial charge in [0.1, 0.15) is 16.5 Å². The highest BCUT2D eigenvalue weighted by atomic mass is 32.2. The quantitative estimate of drug-likeness (QED) is 0.877. The van der Waals surface area contributed by atoms with Gasteiger partial charge in [-0.25, -0.2) is 17.2 Å². The number of hydrogen-bond acceptors (Lipinski definition) is 4. The Balaban J connectivity index is 2.42. The van der Waals surface area contributed by atoms with Crippen molar-refractivity contribution < 1.29 is 21.9 Å². The molecule has 0 spiro atoms. The zero-order valence-corrected chi connectivity index (χ0v) is 10.6. The largest absolute Gasteiger partial charge is 0.371 e. The predicted molar refractivity (Wildman–Crippen MR) is 61.0 cm³/mol. The van der Waals surface area contributed by atoms with Gasteiger partial charge in [0, 0.05) is 24.9 Å². The fourth-order valence-electron chi connectivity index (χ4n) is 1.84. The summed E-state index contributed by atoms with van der Waals surface area (Å²) in [5.41, 5.74) is 0.0344. The summed E-state index contributed by atoms with van der Waals surface area (Å²) in [6.45, 7) is 1.43. The van der Waals surface area contributed by atoms with Gasteiger partial charge in [0.15, 0.2) is 9.84 Å². The number of rotatable bonds is 2. The maximum Gasteiger partial charge on any atom is 0.178 e. The molecule has 0 saturated carbocycles. The number of benzene rings is 1. The minimum Gasteiger partial charge on any atom is -0.371 e. The molecule has 1 aliphatic rings. The molecule has 7 heteroatoms. The van der Waals surface area contributed by atoms with E-state index in [1.807, 2.05) is 0 Å². The molecule has 18 heavy (non-hydrogen) atoms. The van der Waals surface area contributed by atoms with Crippen LogP contribution in [0, 0.1) is 11.6 Å². The van der Waals surface area contributed by atoms with Gasteiger partial charge in [-0.2, -0.15) is 0 Å². The van der Waals surface area contributed by atoms with Crippen molar-refractivity contribution in [1.29, 1.82) is 0 Å². The lowest BCUT2D eigenvalue weighted by Crippen LogP contribution is -2.33. The van der Waals surface area contributed by atoms with Crippen LogP contribution in [-0.2, 0) is 14.6 Å². The van der Waals surface area contributed by atoms with Crippen molar-refractivity contribution in [3.63, 3.8) is 0 Å². The molecule has 1 saturated heterocycles. The van der Waals surface area contributed by atoms with Crippen molar-refractivity contribution in [2.75, 3.05) is 26.0 Å². The SMILES string of the molecule is CS(=O)(=O)c1cc(F)c(C2CNCCO2)cc1F. The second kappa shape index (κ2) is 4.91. The monoisotopic (exact) mass is 277 g/mol. The molecule has 1 unspecified atom stereocenters. The van der Waals surface area contributed by atoms with Gasteiger partial charge in [-0.15, -0.1) is 0 Å². The van der Waals surface area contributed by atoms with Gasteiger partial charge in [0.2, 0.25) is 0 Å². The van der Waals surface area contributed by atoms with Crippen molar-refractivity contribution in [2.45, 2.75) is 11.0 Å². The van der Waals surface area contributed by atoms with E-state index in [9.17, 15) is 17.2 Å². The Kier molecular flexibility index (Phi) is 3.65. The lowest BCUT2D eigenvalue weighted by Gasteiger charge is -2.24. The summed E-state index contributed by atoms with van der Waals surface area (Å²) in [6.07, 6.45) is 0.241. The van der Waals surface area contributed by atoms with Crippen LogP contribution in [0.1, 0.15) is 11.7 Å². The Morgan fingerprint density at radius 1 is 1.33 bits per heavy atom. The predicted octanol–water partition coefficient (Wildman–Crippen LogP) is 1.03. The van der Waals surface area contributed by atoms with Gasteiger partial charge in [-0.3, -0.25) is 0 Å². The molecule has 1 aromatic rings. The number of sulfone groups is 1. The van der Waals surface area contributed by atoms with Gasteiger partial charge in [-0.05, 0) is 12.1 Å². The first-order valence-electron chi connectivity index (χ1n) is 5.41. The first-order valence-corrected chi connectivity index (χ1v) is 7.30. The maximum absolute atomic E-state index is 13.8. The molecule has 0 amide bonds. The molecule has 2 rings (SSSR count). The molecule has 0 aliphatic carbocycles. The molecule has 0 radical (unpaired) electrons. The fourth-order valence-corrected chi connectivity index (χ4v) is 2.57. The van der Waals surface area contributed by atoms with Crippen molar-refractivity contribution in [3.8, 4) is 0 Å². The summed E-state index contributed by atoms with van der Waals surface area (Å²) >= 11 is 0. The van der Waals surface area contributed by atoms with Crippen LogP contribution in [-0.4, -0.2) is 34.4 Å². The maximum atomic E-state index is 13.8.